The maximum atomic E-state index is 11.8. The van der Waals surface area contributed by atoms with E-state index < -0.39 is 0 Å². The highest BCUT2D eigenvalue weighted by molar-refractivity contribution is 6.32. The maximum Gasteiger partial charge on any atom is 0.287 e. The van der Waals surface area contributed by atoms with Gasteiger partial charge < -0.3 is 5.32 Å². The largest absolute Gasteiger partial charge is 0.377 e. The Balaban J connectivity index is 2.14. The molecule has 0 unspecified atom stereocenters. The summed E-state index contributed by atoms with van der Waals surface area (Å²) in [5, 5.41) is 13.9. The van der Waals surface area contributed by atoms with Crippen molar-refractivity contribution in [2.75, 3.05) is 5.32 Å². The van der Waals surface area contributed by atoms with Gasteiger partial charge in [-0.05, 0) is 12.5 Å². The number of nitrogens with one attached hydrogen (secondary N) is 2. The van der Waals surface area contributed by atoms with E-state index in [1.54, 1.807) is 12.4 Å². The van der Waals surface area contributed by atoms with Crippen molar-refractivity contribution < 1.29 is 0 Å². The van der Waals surface area contributed by atoms with Crippen LogP contribution in [-0.2, 0) is 13.1 Å². The molecule has 2 aromatic rings. The van der Waals surface area contributed by atoms with Crippen LogP contribution in [0.3, 0.4) is 0 Å². The molecule has 6 nitrogen and oxygen atoms in total. The van der Waals surface area contributed by atoms with E-state index in [9.17, 15) is 4.79 Å². The van der Waals surface area contributed by atoms with Crippen molar-refractivity contribution in [3.8, 4) is 0 Å². The van der Waals surface area contributed by atoms with Crippen molar-refractivity contribution in [1.29, 1.82) is 0 Å². The summed E-state index contributed by atoms with van der Waals surface area (Å²) in [5.74, 6) is 0. The van der Waals surface area contributed by atoms with E-state index >= 15 is 0 Å². The molecule has 18 heavy (non-hydrogen) atoms. The number of rotatable bonds is 5. The molecular weight excluding hydrogens is 254 g/mol. The average molecular weight is 268 g/mol. The van der Waals surface area contributed by atoms with Crippen molar-refractivity contribution in [3.05, 3.63) is 39.5 Å². The van der Waals surface area contributed by atoms with Crippen molar-refractivity contribution >= 4 is 17.3 Å². The van der Waals surface area contributed by atoms with E-state index in [2.05, 4.69) is 20.6 Å². The third-order valence-corrected chi connectivity index (χ3v) is 2.81. The highest BCUT2D eigenvalue weighted by Gasteiger charge is 2.08. The van der Waals surface area contributed by atoms with Crippen LogP contribution >= 0.6 is 11.6 Å². The van der Waals surface area contributed by atoms with E-state index in [1.807, 2.05) is 13.0 Å². The lowest BCUT2D eigenvalue weighted by molar-refractivity contribution is 0.568. The van der Waals surface area contributed by atoms with E-state index in [1.165, 1.54) is 4.68 Å². The molecule has 0 saturated carbocycles. The SMILES string of the molecule is CCCn1ncc(NCc2ccn[nH]2)c(Cl)c1=O. The molecule has 0 aromatic carbocycles. The number of aromatic nitrogens is 4. The molecule has 0 fully saturated rings. The third kappa shape index (κ3) is 2.70. The summed E-state index contributed by atoms with van der Waals surface area (Å²) < 4.78 is 1.36. The van der Waals surface area contributed by atoms with Crippen molar-refractivity contribution in [2.24, 2.45) is 0 Å². The molecule has 0 spiro atoms. The fourth-order valence-corrected chi connectivity index (χ4v) is 1.75. The Morgan fingerprint density at radius 3 is 3.06 bits per heavy atom. The molecule has 0 aliphatic carbocycles. The Morgan fingerprint density at radius 2 is 2.39 bits per heavy atom. The first-order valence-corrected chi connectivity index (χ1v) is 6.08. The van der Waals surface area contributed by atoms with Crippen LogP contribution in [0.2, 0.25) is 5.02 Å². The minimum atomic E-state index is -0.270. The van der Waals surface area contributed by atoms with Gasteiger partial charge in [0.2, 0.25) is 0 Å². The summed E-state index contributed by atoms with van der Waals surface area (Å²) in [6.07, 6.45) is 4.07. The number of aromatic amines is 1. The summed E-state index contributed by atoms with van der Waals surface area (Å²) in [5.41, 5.74) is 1.17. The summed E-state index contributed by atoms with van der Waals surface area (Å²) in [6.45, 7) is 3.06. The van der Waals surface area contributed by atoms with Gasteiger partial charge in [-0.15, -0.1) is 0 Å². The minimum Gasteiger partial charge on any atom is -0.377 e. The molecular formula is C11H14ClN5O. The van der Waals surface area contributed by atoms with Gasteiger partial charge in [0.15, 0.2) is 0 Å². The molecule has 2 rings (SSSR count). The van der Waals surface area contributed by atoms with Gasteiger partial charge in [-0.1, -0.05) is 18.5 Å². The van der Waals surface area contributed by atoms with Gasteiger partial charge in [0.1, 0.15) is 5.02 Å². The second-order valence-corrected chi connectivity index (χ2v) is 4.21. The molecule has 0 aliphatic heterocycles. The average Bonchev–Trinajstić information content (AvgIpc) is 2.87. The van der Waals surface area contributed by atoms with Gasteiger partial charge in [-0.3, -0.25) is 9.89 Å². The number of hydrogen-bond donors (Lipinski definition) is 2. The molecule has 2 heterocycles. The number of aryl methyl sites for hydroxylation is 1. The highest BCUT2D eigenvalue weighted by atomic mass is 35.5. The van der Waals surface area contributed by atoms with E-state index in [-0.39, 0.29) is 10.6 Å². The van der Waals surface area contributed by atoms with Gasteiger partial charge >= 0.3 is 0 Å². The zero-order chi connectivity index (χ0) is 13.0. The van der Waals surface area contributed by atoms with Gasteiger partial charge in [0, 0.05) is 12.7 Å². The number of H-pyrrole nitrogens is 1. The first-order chi connectivity index (χ1) is 8.72. The molecule has 0 amide bonds. The fraction of sp³-hybridized carbons (Fsp3) is 0.364. The van der Waals surface area contributed by atoms with Crippen LogP contribution in [0.5, 0.6) is 0 Å². The maximum absolute atomic E-state index is 11.8. The third-order valence-electron chi connectivity index (χ3n) is 2.45. The van der Waals surface area contributed by atoms with Gasteiger partial charge in [-0.25, -0.2) is 4.68 Å². The summed E-state index contributed by atoms with van der Waals surface area (Å²) in [6, 6.07) is 1.84. The zero-order valence-corrected chi connectivity index (χ0v) is 10.7. The van der Waals surface area contributed by atoms with Crippen molar-refractivity contribution in [2.45, 2.75) is 26.4 Å². The summed E-state index contributed by atoms with van der Waals surface area (Å²) >= 11 is 6.01. The molecule has 0 atom stereocenters. The second-order valence-electron chi connectivity index (χ2n) is 3.84. The fourth-order valence-electron chi connectivity index (χ4n) is 1.53. The van der Waals surface area contributed by atoms with Crippen molar-refractivity contribution in [1.82, 2.24) is 20.0 Å². The lowest BCUT2D eigenvalue weighted by Crippen LogP contribution is -2.24. The lowest BCUT2D eigenvalue weighted by Gasteiger charge is -2.08. The topological polar surface area (TPSA) is 75.6 Å². The van der Waals surface area contributed by atoms with E-state index in [0.717, 1.165) is 12.1 Å². The Hall–Kier alpha value is -1.82. The monoisotopic (exact) mass is 267 g/mol. The van der Waals surface area contributed by atoms with Crippen LogP contribution in [0.25, 0.3) is 0 Å². The van der Waals surface area contributed by atoms with Gasteiger partial charge in [0.25, 0.3) is 5.56 Å². The molecule has 2 aromatic heterocycles. The number of nitrogens with zero attached hydrogens (tertiary/aromatic N) is 3. The predicted octanol–water partition coefficient (Wildman–Crippen LogP) is 1.64. The Bertz CT molecular complexity index is 563. The Labute approximate surface area is 109 Å². The summed E-state index contributed by atoms with van der Waals surface area (Å²) in [4.78, 5) is 11.8. The summed E-state index contributed by atoms with van der Waals surface area (Å²) in [7, 11) is 0. The molecule has 7 heteroatoms. The number of halogens is 1. The number of anilines is 1. The van der Waals surface area contributed by atoms with Crippen LogP contribution in [0.15, 0.2) is 23.3 Å². The smallest absolute Gasteiger partial charge is 0.287 e. The van der Waals surface area contributed by atoms with Crippen LogP contribution < -0.4 is 10.9 Å². The van der Waals surface area contributed by atoms with Crippen molar-refractivity contribution in [3.63, 3.8) is 0 Å². The molecule has 0 bridgehead atoms. The first kappa shape index (κ1) is 12.6. The molecule has 0 aliphatic rings. The second kappa shape index (κ2) is 5.68. The highest BCUT2D eigenvalue weighted by Crippen LogP contribution is 2.15. The number of hydrogen-bond acceptors (Lipinski definition) is 4. The quantitative estimate of drug-likeness (QED) is 0.864. The molecule has 0 saturated heterocycles. The predicted molar refractivity (Wildman–Crippen MR) is 69.7 cm³/mol. The first-order valence-electron chi connectivity index (χ1n) is 5.70. The Morgan fingerprint density at radius 1 is 1.56 bits per heavy atom. The van der Waals surface area contributed by atoms with Gasteiger partial charge in [0.05, 0.1) is 24.1 Å². The van der Waals surface area contributed by atoms with Crippen LogP contribution in [-0.4, -0.2) is 20.0 Å². The standard InChI is InChI=1S/C11H14ClN5O/c1-2-5-17-11(18)10(12)9(7-15-17)13-6-8-3-4-14-16-8/h3-4,7,13H,2,5-6H2,1H3,(H,14,16). The van der Waals surface area contributed by atoms with Crippen LogP contribution in [0, 0.1) is 0 Å². The van der Waals surface area contributed by atoms with E-state index in [0.29, 0.717) is 18.8 Å². The molecule has 2 N–H and O–H groups in total. The van der Waals surface area contributed by atoms with Crippen LogP contribution in [0.1, 0.15) is 19.0 Å². The molecule has 0 radical (unpaired) electrons. The Kier molecular flexibility index (Phi) is 3.99. The zero-order valence-electron chi connectivity index (χ0n) is 9.98. The normalized spacial score (nSPS) is 10.6. The van der Waals surface area contributed by atoms with Crippen LogP contribution in [0.4, 0.5) is 5.69 Å². The minimum absolute atomic E-state index is 0.165. The van der Waals surface area contributed by atoms with Gasteiger partial charge in [-0.2, -0.15) is 10.2 Å². The lowest BCUT2D eigenvalue weighted by atomic mass is 10.4. The van der Waals surface area contributed by atoms with E-state index in [4.69, 9.17) is 11.6 Å². The molecule has 96 valence electrons.